The number of thioether (sulfide) groups is 1. The number of aromatic nitrogens is 2. The summed E-state index contributed by atoms with van der Waals surface area (Å²) in [7, 11) is -3.79. The van der Waals surface area contributed by atoms with Gasteiger partial charge >= 0.3 is 0 Å². The van der Waals surface area contributed by atoms with Crippen LogP contribution in [0.4, 0.5) is 0 Å². The molecule has 142 valence electrons. The third-order valence-electron chi connectivity index (χ3n) is 4.18. The first-order valence-corrected chi connectivity index (χ1v) is 11.2. The number of rotatable bonds is 8. The monoisotopic (exact) mass is 403 g/mol. The van der Waals surface area contributed by atoms with Crippen LogP contribution in [0.15, 0.2) is 58.6 Å². The van der Waals surface area contributed by atoms with Gasteiger partial charge in [-0.3, -0.25) is 4.79 Å². The van der Waals surface area contributed by atoms with Crippen molar-refractivity contribution < 1.29 is 13.2 Å². The predicted molar refractivity (Wildman–Crippen MR) is 108 cm³/mol. The van der Waals surface area contributed by atoms with E-state index in [0.717, 1.165) is 12.8 Å². The largest absolute Gasteiger partial charge is 0.319 e. The Morgan fingerprint density at radius 2 is 1.93 bits per heavy atom. The van der Waals surface area contributed by atoms with Gasteiger partial charge in [-0.1, -0.05) is 55.4 Å². The highest BCUT2D eigenvalue weighted by Crippen LogP contribution is 2.27. The number of unbranched alkanes of at least 4 members (excludes halogenated alkanes) is 1. The van der Waals surface area contributed by atoms with Crippen LogP contribution in [0.2, 0.25) is 0 Å². The molecule has 0 aliphatic heterocycles. The molecule has 1 aromatic heterocycles. The summed E-state index contributed by atoms with van der Waals surface area (Å²) in [5.41, 5.74) is 2.07. The number of carbonyl (C=O) groups is 1. The summed E-state index contributed by atoms with van der Waals surface area (Å²) >= 11 is 1.36. The lowest BCUT2D eigenvalue weighted by molar-refractivity contribution is 0.102. The molecule has 0 amide bonds. The number of Topliss-reactive ketones (excluding diaryl/α,β-unsaturated/α-hetero) is 1. The molecule has 27 heavy (non-hydrogen) atoms. The summed E-state index contributed by atoms with van der Waals surface area (Å²) < 4.78 is 25.3. The maximum atomic E-state index is 12.4. The minimum Gasteiger partial charge on any atom is -0.319 e. The average Bonchev–Trinajstić information content (AvgIpc) is 3.01. The van der Waals surface area contributed by atoms with Gasteiger partial charge in [0, 0.05) is 12.1 Å². The van der Waals surface area contributed by atoms with Crippen molar-refractivity contribution >= 4 is 38.6 Å². The van der Waals surface area contributed by atoms with Crippen LogP contribution in [0, 0.1) is 0 Å². The molecule has 0 saturated carbocycles. The zero-order valence-corrected chi connectivity index (χ0v) is 16.6. The van der Waals surface area contributed by atoms with Crippen LogP contribution in [-0.2, 0) is 16.6 Å². The molecular formula is C19H21N3O3S2. The second kappa shape index (κ2) is 8.24. The Labute approximate surface area is 162 Å². The van der Waals surface area contributed by atoms with Crippen LogP contribution < -0.4 is 5.14 Å². The predicted octanol–water partition coefficient (Wildman–Crippen LogP) is 3.46. The van der Waals surface area contributed by atoms with Gasteiger partial charge in [-0.2, -0.15) is 0 Å². The smallest absolute Gasteiger partial charge is 0.238 e. The quantitative estimate of drug-likeness (QED) is 0.459. The second-order valence-corrected chi connectivity index (χ2v) is 8.68. The zero-order chi connectivity index (χ0) is 19.4. The molecule has 3 rings (SSSR count). The number of fused-ring (bicyclic) bond motifs is 1. The van der Waals surface area contributed by atoms with Crippen molar-refractivity contribution in [1.29, 1.82) is 0 Å². The molecule has 3 aromatic rings. The SMILES string of the molecule is CCCCn1c(SCC(=O)c2ccccc2)nc2ccc(S(N)(=O)=O)cc21. The van der Waals surface area contributed by atoms with E-state index in [-0.39, 0.29) is 16.4 Å². The minimum atomic E-state index is -3.79. The summed E-state index contributed by atoms with van der Waals surface area (Å²) in [6.07, 6.45) is 1.91. The van der Waals surface area contributed by atoms with Gasteiger partial charge in [-0.05, 0) is 24.6 Å². The van der Waals surface area contributed by atoms with Gasteiger partial charge in [0.2, 0.25) is 10.0 Å². The van der Waals surface area contributed by atoms with E-state index in [9.17, 15) is 13.2 Å². The Balaban J connectivity index is 1.92. The number of benzene rings is 2. The van der Waals surface area contributed by atoms with Crippen LogP contribution >= 0.6 is 11.8 Å². The molecule has 8 heteroatoms. The molecule has 6 nitrogen and oxygen atoms in total. The Morgan fingerprint density at radius 1 is 1.19 bits per heavy atom. The van der Waals surface area contributed by atoms with Gasteiger partial charge < -0.3 is 4.57 Å². The van der Waals surface area contributed by atoms with E-state index in [4.69, 9.17) is 5.14 Å². The van der Waals surface area contributed by atoms with Crippen molar-refractivity contribution in [2.45, 2.75) is 36.4 Å². The number of nitrogens with zero attached hydrogens (tertiary/aromatic N) is 2. The topological polar surface area (TPSA) is 95.0 Å². The second-order valence-electron chi connectivity index (χ2n) is 6.17. The van der Waals surface area contributed by atoms with E-state index < -0.39 is 10.0 Å². The highest BCUT2D eigenvalue weighted by Gasteiger charge is 2.16. The minimum absolute atomic E-state index is 0.0277. The normalized spacial score (nSPS) is 11.8. The van der Waals surface area contributed by atoms with Gasteiger partial charge in [0.05, 0.1) is 21.7 Å². The molecule has 1 heterocycles. The van der Waals surface area contributed by atoms with Gasteiger partial charge in [0.25, 0.3) is 0 Å². The number of hydrogen-bond acceptors (Lipinski definition) is 5. The number of carbonyl (C=O) groups excluding carboxylic acids is 1. The van der Waals surface area contributed by atoms with E-state index in [1.807, 2.05) is 22.8 Å². The van der Waals surface area contributed by atoms with Gasteiger partial charge in [0.15, 0.2) is 10.9 Å². The average molecular weight is 404 g/mol. The number of primary sulfonamides is 1. The summed E-state index contributed by atoms with van der Waals surface area (Å²) in [6, 6.07) is 13.8. The molecule has 2 aromatic carbocycles. The number of aryl methyl sites for hydroxylation is 1. The van der Waals surface area contributed by atoms with Crippen LogP contribution in [0.25, 0.3) is 11.0 Å². The Hall–Kier alpha value is -2.16. The lowest BCUT2D eigenvalue weighted by Crippen LogP contribution is -2.12. The van der Waals surface area contributed by atoms with E-state index >= 15 is 0 Å². The van der Waals surface area contributed by atoms with Crippen molar-refractivity contribution in [2.24, 2.45) is 5.14 Å². The van der Waals surface area contributed by atoms with Gasteiger partial charge in [-0.15, -0.1) is 0 Å². The first-order valence-electron chi connectivity index (χ1n) is 8.64. The van der Waals surface area contributed by atoms with E-state index in [1.54, 1.807) is 24.3 Å². The molecule has 0 atom stereocenters. The zero-order valence-electron chi connectivity index (χ0n) is 15.0. The molecule has 0 aliphatic rings. The summed E-state index contributed by atoms with van der Waals surface area (Å²) in [5, 5.41) is 5.96. The molecule has 0 bridgehead atoms. The van der Waals surface area contributed by atoms with Gasteiger partial charge in [-0.25, -0.2) is 18.5 Å². The number of nitrogens with two attached hydrogens (primary N) is 1. The Bertz CT molecular complexity index is 1060. The number of imidazole rings is 1. The third-order valence-corrected chi connectivity index (χ3v) is 6.06. The fraction of sp³-hybridized carbons (Fsp3) is 0.263. The van der Waals surface area contributed by atoms with Crippen molar-refractivity contribution in [2.75, 3.05) is 5.75 Å². The van der Waals surface area contributed by atoms with Crippen LogP contribution in [0.5, 0.6) is 0 Å². The van der Waals surface area contributed by atoms with Crippen LogP contribution in [-0.4, -0.2) is 29.5 Å². The summed E-state index contributed by atoms with van der Waals surface area (Å²) in [6.45, 7) is 2.78. The highest BCUT2D eigenvalue weighted by atomic mass is 32.2. The van der Waals surface area contributed by atoms with E-state index in [1.165, 1.54) is 17.8 Å². The van der Waals surface area contributed by atoms with E-state index in [2.05, 4.69) is 11.9 Å². The van der Waals surface area contributed by atoms with Crippen molar-refractivity contribution in [3.63, 3.8) is 0 Å². The highest BCUT2D eigenvalue weighted by molar-refractivity contribution is 7.99. The standard InChI is InChI=1S/C19H21N3O3S2/c1-2-3-11-22-17-12-15(27(20,24)25)9-10-16(17)21-19(22)26-13-18(23)14-7-5-4-6-8-14/h4-10,12H,2-3,11,13H2,1H3,(H2,20,24,25). The van der Waals surface area contributed by atoms with E-state index in [0.29, 0.717) is 28.3 Å². The fourth-order valence-electron chi connectivity index (χ4n) is 2.74. The molecular weight excluding hydrogens is 382 g/mol. The molecule has 0 fully saturated rings. The number of ketones is 1. The molecule has 0 aliphatic carbocycles. The first-order chi connectivity index (χ1) is 12.9. The molecule has 0 saturated heterocycles. The number of sulfonamides is 1. The summed E-state index contributed by atoms with van der Waals surface area (Å²) in [4.78, 5) is 17.0. The van der Waals surface area contributed by atoms with Gasteiger partial charge in [0.1, 0.15) is 0 Å². The maximum Gasteiger partial charge on any atom is 0.238 e. The van der Waals surface area contributed by atoms with Crippen molar-refractivity contribution in [3.05, 3.63) is 54.1 Å². The Kier molecular flexibility index (Phi) is 5.98. The lowest BCUT2D eigenvalue weighted by Gasteiger charge is -2.08. The van der Waals surface area contributed by atoms with Crippen molar-refractivity contribution in [3.8, 4) is 0 Å². The lowest BCUT2D eigenvalue weighted by atomic mass is 10.2. The molecule has 2 N–H and O–H groups in total. The molecule has 0 unspecified atom stereocenters. The molecule has 0 spiro atoms. The third kappa shape index (κ3) is 4.58. The fourth-order valence-corrected chi connectivity index (χ4v) is 4.21. The maximum absolute atomic E-state index is 12.4. The molecule has 0 radical (unpaired) electrons. The van der Waals surface area contributed by atoms with Crippen LogP contribution in [0.1, 0.15) is 30.1 Å². The number of hydrogen-bond donors (Lipinski definition) is 1. The first kappa shape index (κ1) is 19.6. The van der Waals surface area contributed by atoms with Crippen LogP contribution in [0.3, 0.4) is 0 Å². The van der Waals surface area contributed by atoms with Crippen molar-refractivity contribution in [1.82, 2.24) is 9.55 Å². The summed E-state index contributed by atoms with van der Waals surface area (Å²) in [5.74, 6) is 0.293. The Morgan fingerprint density at radius 3 is 2.59 bits per heavy atom.